The largest absolute Gasteiger partial charge is 0.459 e. The van der Waals surface area contributed by atoms with Gasteiger partial charge in [0.25, 0.3) is 5.91 Å². The average molecular weight is 635 g/mol. The number of nitrogens with one attached hydrogen (secondary N) is 2. The van der Waals surface area contributed by atoms with Crippen molar-refractivity contribution < 1.29 is 40.3 Å². The Morgan fingerprint density at radius 2 is 1.46 bits per heavy atom. The maximum atomic E-state index is 13.5. The summed E-state index contributed by atoms with van der Waals surface area (Å²) < 4.78 is 88.4. The molecule has 2 atom stereocenters. The molecule has 0 unspecified atom stereocenters. The Kier molecular flexibility index (Phi) is 8.20. The van der Waals surface area contributed by atoms with Crippen LogP contribution in [0.3, 0.4) is 0 Å². The molecule has 1 aliphatic carbocycles. The third-order valence-electron chi connectivity index (χ3n) is 5.34. The minimum absolute atomic E-state index is 0.106. The molecule has 4 nitrogen and oxygen atoms in total. The van der Waals surface area contributed by atoms with Crippen molar-refractivity contribution in [3.63, 3.8) is 0 Å². The van der Waals surface area contributed by atoms with Crippen molar-refractivity contribution in [3.8, 4) is 0 Å². The molecular formula is C21H12Cl5F7N2O2. The quantitative estimate of drug-likeness (QED) is 0.242. The van der Waals surface area contributed by atoms with Crippen LogP contribution in [-0.2, 0) is 4.79 Å². The fourth-order valence-corrected chi connectivity index (χ4v) is 5.00. The lowest BCUT2D eigenvalue weighted by molar-refractivity contribution is -0.352. The number of carbonyl (C=O) groups excluding carboxylic acids is 2. The maximum absolute atomic E-state index is 13.5. The number of hydrogen-bond donors (Lipinski definition) is 2. The van der Waals surface area contributed by atoms with E-state index in [9.17, 15) is 40.3 Å². The second kappa shape index (κ2) is 10.1. The number of amides is 2. The van der Waals surface area contributed by atoms with E-state index in [1.807, 2.05) is 0 Å². The van der Waals surface area contributed by atoms with Crippen molar-refractivity contribution >= 4 is 75.5 Å². The van der Waals surface area contributed by atoms with Crippen LogP contribution in [0.2, 0.25) is 15.1 Å². The summed E-state index contributed by atoms with van der Waals surface area (Å²) in [5.74, 6) is -16.0. The highest BCUT2D eigenvalue weighted by Gasteiger charge is 2.72. The van der Waals surface area contributed by atoms with Crippen molar-refractivity contribution in [2.75, 3.05) is 11.9 Å². The number of anilines is 1. The molecule has 0 bridgehead atoms. The van der Waals surface area contributed by atoms with Gasteiger partial charge in [0, 0.05) is 21.7 Å². The lowest BCUT2D eigenvalue weighted by atomic mass is 10.1. The van der Waals surface area contributed by atoms with Crippen LogP contribution in [0.1, 0.15) is 21.8 Å². The van der Waals surface area contributed by atoms with Gasteiger partial charge in [-0.05, 0) is 42.0 Å². The van der Waals surface area contributed by atoms with Gasteiger partial charge in [0.1, 0.15) is 4.33 Å². The normalized spacial score (nSPS) is 19.4. The molecular weight excluding hydrogens is 622 g/mol. The molecule has 1 aliphatic rings. The molecule has 0 aliphatic heterocycles. The first-order valence-corrected chi connectivity index (χ1v) is 11.7. The standard InChI is InChI=1S/C21H12Cl5F7N2O2/c22-9-3-8(4-10(23)5-9)14-15(19(14,25)26)17(37)35-11-1-2-13(24)12(6-11)16(36)34-7-18(27,28)20(29,30)21(31,32)33/h1-6,14-15H,7H2,(H,34,36)(H,35,37)/t14-,15+/m1/s1. The molecule has 16 heteroatoms. The highest BCUT2D eigenvalue weighted by Crippen LogP contribution is 2.65. The maximum Gasteiger partial charge on any atom is 0.459 e. The van der Waals surface area contributed by atoms with Crippen molar-refractivity contribution in [2.24, 2.45) is 5.92 Å². The van der Waals surface area contributed by atoms with Gasteiger partial charge in [0.15, 0.2) is 0 Å². The number of rotatable bonds is 7. The Balaban J connectivity index is 1.74. The van der Waals surface area contributed by atoms with Crippen molar-refractivity contribution in [1.82, 2.24) is 5.32 Å². The van der Waals surface area contributed by atoms with E-state index in [0.29, 0.717) is 5.56 Å². The summed E-state index contributed by atoms with van der Waals surface area (Å²) in [6.45, 7) is -2.35. The second-order valence-electron chi connectivity index (χ2n) is 7.98. The van der Waals surface area contributed by atoms with Gasteiger partial charge in [0.05, 0.1) is 23.0 Å². The van der Waals surface area contributed by atoms with E-state index in [2.05, 4.69) is 5.32 Å². The minimum atomic E-state index is -6.56. The zero-order valence-corrected chi connectivity index (χ0v) is 21.5. The first kappa shape index (κ1) is 29.9. The zero-order chi connectivity index (χ0) is 28.1. The van der Waals surface area contributed by atoms with Gasteiger partial charge in [-0.1, -0.05) is 34.8 Å². The Hall–Kier alpha value is -1.66. The van der Waals surface area contributed by atoms with E-state index in [1.54, 1.807) is 0 Å². The van der Waals surface area contributed by atoms with Crippen LogP contribution >= 0.6 is 58.0 Å². The van der Waals surface area contributed by atoms with Gasteiger partial charge < -0.3 is 10.6 Å². The van der Waals surface area contributed by atoms with Crippen LogP contribution in [0.4, 0.5) is 36.4 Å². The van der Waals surface area contributed by atoms with Gasteiger partial charge in [-0.3, -0.25) is 9.59 Å². The molecule has 1 saturated carbocycles. The third-order valence-corrected chi connectivity index (χ3v) is 7.05. The van der Waals surface area contributed by atoms with Gasteiger partial charge in [-0.15, -0.1) is 23.2 Å². The molecule has 2 aromatic rings. The third kappa shape index (κ3) is 6.00. The van der Waals surface area contributed by atoms with Gasteiger partial charge in [-0.2, -0.15) is 30.7 Å². The summed E-state index contributed by atoms with van der Waals surface area (Å²) in [6.07, 6.45) is -6.56. The Morgan fingerprint density at radius 1 is 0.892 bits per heavy atom. The van der Waals surface area contributed by atoms with Gasteiger partial charge in [-0.25, -0.2) is 0 Å². The predicted octanol–water partition coefficient (Wildman–Crippen LogP) is 7.74. The van der Waals surface area contributed by atoms with Crippen LogP contribution in [0.25, 0.3) is 0 Å². The summed E-state index contributed by atoms with van der Waals surface area (Å²) in [6, 6.07) is 7.63. The van der Waals surface area contributed by atoms with E-state index >= 15 is 0 Å². The summed E-state index contributed by atoms with van der Waals surface area (Å²) in [5, 5.41) is 3.86. The van der Waals surface area contributed by atoms with E-state index in [1.165, 1.54) is 29.6 Å². The summed E-state index contributed by atoms with van der Waals surface area (Å²) in [4.78, 5) is 25.0. The number of halogens is 12. The molecule has 0 spiro atoms. The Labute approximate surface area is 229 Å². The number of carbonyl (C=O) groups is 2. The SMILES string of the molecule is O=C(NCC(F)(F)C(F)(F)C(F)(F)F)c1cc(NC(=O)[C@@H]2[C@@H](c3cc(Cl)cc(Cl)c3)C2(Cl)Cl)ccc1Cl. The van der Waals surface area contributed by atoms with Gasteiger partial charge in [0.2, 0.25) is 5.91 Å². The summed E-state index contributed by atoms with van der Waals surface area (Å²) in [7, 11) is 0. The van der Waals surface area contributed by atoms with Crippen molar-refractivity contribution in [3.05, 3.63) is 62.6 Å². The Bertz CT molecular complexity index is 1220. The molecule has 2 N–H and O–H groups in total. The molecule has 37 heavy (non-hydrogen) atoms. The first-order chi connectivity index (χ1) is 16.8. The van der Waals surface area contributed by atoms with Crippen LogP contribution in [0, 0.1) is 5.92 Å². The molecule has 0 heterocycles. The first-order valence-electron chi connectivity index (χ1n) is 9.84. The monoisotopic (exact) mass is 632 g/mol. The minimum Gasteiger partial charge on any atom is -0.346 e. The molecule has 1 fully saturated rings. The molecule has 3 rings (SSSR count). The fraction of sp³-hybridized carbons (Fsp3) is 0.333. The number of benzene rings is 2. The lowest BCUT2D eigenvalue weighted by Crippen LogP contribution is -2.56. The van der Waals surface area contributed by atoms with Crippen molar-refractivity contribution in [2.45, 2.75) is 28.3 Å². The van der Waals surface area contributed by atoms with Gasteiger partial charge >= 0.3 is 18.0 Å². The zero-order valence-electron chi connectivity index (χ0n) is 17.7. The smallest absolute Gasteiger partial charge is 0.346 e. The fourth-order valence-electron chi connectivity index (χ4n) is 3.42. The summed E-state index contributed by atoms with van der Waals surface area (Å²) in [5.41, 5.74) is -0.233. The van der Waals surface area contributed by atoms with E-state index in [-0.39, 0.29) is 20.8 Å². The van der Waals surface area contributed by atoms with E-state index in [0.717, 1.165) is 12.1 Å². The molecule has 2 amide bonds. The molecule has 0 aromatic heterocycles. The predicted molar refractivity (Wildman–Crippen MR) is 125 cm³/mol. The lowest BCUT2D eigenvalue weighted by Gasteiger charge is -2.28. The molecule has 202 valence electrons. The van der Waals surface area contributed by atoms with Crippen LogP contribution < -0.4 is 10.6 Å². The Morgan fingerprint density at radius 3 is 2.00 bits per heavy atom. The van der Waals surface area contributed by atoms with Crippen molar-refractivity contribution in [1.29, 1.82) is 0 Å². The number of alkyl halides is 9. The van der Waals surface area contributed by atoms with Crippen LogP contribution in [0.15, 0.2) is 36.4 Å². The molecule has 0 radical (unpaired) electrons. The highest BCUT2D eigenvalue weighted by molar-refractivity contribution is 6.53. The number of hydrogen-bond acceptors (Lipinski definition) is 2. The van der Waals surface area contributed by atoms with Crippen LogP contribution in [-0.4, -0.2) is 40.7 Å². The molecule has 2 aromatic carbocycles. The average Bonchev–Trinajstić information content (AvgIpc) is 3.34. The highest BCUT2D eigenvalue weighted by atomic mass is 35.5. The topological polar surface area (TPSA) is 58.2 Å². The second-order valence-corrected chi connectivity index (χ2v) is 10.7. The van der Waals surface area contributed by atoms with Crippen LogP contribution in [0.5, 0.6) is 0 Å². The molecule has 0 saturated heterocycles. The summed E-state index contributed by atoms with van der Waals surface area (Å²) >= 11 is 30.3. The van der Waals surface area contributed by atoms with E-state index in [4.69, 9.17) is 58.0 Å². The van der Waals surface area contributed by atoms with E-state index < -0.39 is 58.1 Å².